The summed E-state index contributed by atoms with van der Waals surface area (Å²) in [5.41, 5.74) is 3.88. The van der Waals surface area contributed by atoms with Crippen LogP contribution in [0.1, 0.15) is 30.9 Å². The molecule has 1 aliphatic rings. The van der Waals surface area contributed by atoms with Crippen molar-refractivity contribution in [1.82, 2.24) is 4.31 Å². The summed E-state index contributed by atoms with van der Waals surface area (Å²) in [6.45, 7) is 9.07. The van der Waals surface area contributed by atoms with Crippen LogP contribution in [0.25, 0.3) is 0 Å². The van der Waals surface area contributed by atoms with Crippen molar-refractivity contribution in [3.63, 3.8) is 0 Å². The number of thiophene rings is 1. The molecule has 6 heteroatoms. The molecule has 0 saturated carbocycles. The highest BCUT2D eigenvalue weighted by Crippen LogP contribution is 2.32. The first-order valence-corrected chi connectivity index (χ1v) is 10.6. The smallest absolute Gasteiger partial charge is 0.252 e. The summed E-state index contributed by atoms with van der Waals surface area (Å²) in [6, 6.07) is 9.89. The first kappa shape index (κ1) is 17.5. The van der Waals surface area contributed by atoms with Gasteiger partial charge in [0.2, 0.25) is 0 Å². The molecule has 24 heavy (non-hydrogen) atoms. The van der Waals surface area contributed by atoms with Crippen LogP contribution in [-0.2, 0) is 10.0 Å². The predicted octanol–water partition coefficient (Wildman–Crippen LogP) is 3.69. The van der Waals surface area contributed by atoms with E-state index in [1.807, 2.05) is 5.38 Å². The second-order valence-electron chi connectivity index (χ2n) is 6.49. The molecule has 0 N–H and O–H groups in total. The number of aryl methyl sites for hydroxylation is 1. The minimum atomic E-state index is -3.34. The molecule has 0 aliphatic carbocycles. The summed E-state index contributed by atoms with van der Waals surface area (Å²) >= 11 is 1.29. The van der Waals surface area contributed by atoms with E-state index >= 15 is 0 Å². The van der Waals surface area contributed by atoms with E-state index in [0.29, 0.717) is 23.2 Å². The maximum Gasteiger partial charge on any atom is 0.252 e. The highest BCUT2D eigenvalue weighted by Gasteiger charge is 2.30. The topological polar surface area (TPSA) is 40.6 Å². The van der Waals surface area contributed by atoms with Crippen LogP contribution in [0.5, 0.6) is 0 Å². The van der Waals surface area contributed by atoms with Crippen molar-refractivity contribution in [2.45, 2.75) is 30.9 Å². The van der Waals surface area contributed by atoms with Crippen molar-refractivity contribution in [2.75, 3.05) is 31.1 Å². The Balaban J connectivity index is 1.79. The van der Waals surface area contributed by atoms with Crippen molar-refractivity contribution in [3.8, 4) is 0 Å². The molecule has 4 nitrogen and oxygen atoms in total. The van der Waals surface area contributed by atoms with Gasteiger partial charge in [-0.2, -0.15) is 4.31 Å². The van der Waals surface area contributed by atoms with Crippen LogP contribution in [0.2, 0.25) is 0 Å². The number of hydrogen-bond donors (Lipinski definition) is 0. The minimum absolute atomic E-state index is 0.440. The summed E-state index contributed by atoms with van der Waals surface area (Å²) in [6.07, 6.45) is 0. The lowest BCUT2D eigenvalue weighted by Crippen LogP contribution is -2.49. The Kier molecular flexibility index (Phi) is 4.99. The summed E-state index contributed by atoms with van der Waals surface area (Å²) in [4.78, 5) is 2.34. The number of sulfonamides is 1. The fourth-order valence-corrected chi connectivity index (χ4v) is 5.84. The van der Waals surface area contributed by atoms with Gasteiger partial charge in [-0.25, -0.2) is 8.42 Å². The standard InChI is InChI=1S/C18H24N2O2S2/c1-14(2)16-7-4-6-15(3)18(16)19-9-11-20(12-10-19)24(21,22)17-8-5-13-23-17/h4-8,13-14H,9-12H2,1-3H3. The van der Waals surface area contributed by atoms with E-state index in [9.17, 15) is 8.42 Å². The highest BCUT2D eigenvalue weighted by molar-refractivity contribution is 7.91. The lowest BCUT2D eigenvalue weighted by Gasteiger charge is -2.37. The lowest BCUT2D eigenvalue weighted by molar-refractivity contribution is 0.385. The first-order chi connectivity index (χ1) is 11.4. The maximum atomic E-state index is 12.7. The second-order valence-corrected chi connectivity index (χ2v) is 9.60. The zero-order valence-corrected chi connectivity index (χ0v) is 16.0. The molecule has 1 aromatic heterocycles. The largest absolute Gasteiger partial charge is 0.368 e. The highest BCUT2D eigenvalue weighted by atomic mass is 32.2. The normalized spacial score (nSPS) is 16.8. The zero-order valence-electron chi connectivity index (χ0n) is 14.4. The van der Waals surface area contributed by atoms with Crippen LogP contribution in [0.3, 0.4) is 0 Å². The van der Waals surface area contributed by atoms with Crippen LogP contribution in [0, 0.1) is 6.92 Å². The molecule has 0 amide bonds. The summed E-state index contributed by atoms with van der Waals surface area (Å²) < 4.78 is 27.4. The Morgan fingerprint density at radius 2 is 1.75 bits per heavy atom. The van der Waals surface area contributed by atoms with Gasteiger partial charge in [0, 0.05) is 31.9 Å². The SMILES string of the molecule is Cc1cccc(C(C)C)c1N1CCN(S(=O)(=O)c2cccs2)CC1. The molecular weight excluding hydrogens is 340 g/mol. The molecule has 1 aromatic carbocycles. The Bertz CT molecular complexity index is 790. The first-order valence-electron chi connectivity index (χ1n) is 8.29. The average molecular weight is 365 g/mol. The molecule has 2 heterocycles. The quantitative estimate of drug-likeness (QED) is 0.831. The number of benzene rings is 1. The Hall–Kier alpha value is -1.37. The summed E-state index contributed by atoms with van der Waals surface area (Å²) in [5, 5.41) is 1.81. The number of rotatable bonds is 4. The van der Waals surface area contributed by atoms with Crippen LogP contribution in [0.15, 0.2) is 39.9 Å². The van der Waals surface area contributed by atoms with Crippen molar-refractivity contribution >= 4 is 27.0 Å². The third-order valence-corrected chi connectivity index (χ3v) is 7.81. The molecule has 1 fully saturated rings. The van der Waals surface area contributed by atoms with Crippen molar-refractivity contribution < 1.29 is 8.42 Å². The fourth-order valence-electron chi connectivity index (χ4n) is 3.27. The van der Waals surface area contributed by atoms with E-state index in [4.69, 9.17) is 0 Å². The third-order valence-electron chi connectivity index (χ3n) is 4.54. The maximum absolute atomic E-state index is 12.7. The van der Waals surface area contributed by atoms with Gasteiger partial charge in [-0.1, -0.05) is 38.1 Å². The Labute approximate surface area is 148 Å². The van der Waals surface area contributed by atoms with Crippen LogP contribution in [-0.4, -0.2) is 38.9 Å². The summed E-state index contributed by atoms with van der Waals surface area (Å²) in [7, 11) is -3.34. The Morgan fingerprint density at radius 1 is 1.04 bits per heavy atom. The fraction of sp³-hybridized carbons (Fsp3) is 0.444. The molecule has 1 aliphatic heterocycles. The molecule has 0 unspecified atom stereocenters. The number of hydrogen-bond acceptors (Lipinski definition) is 4. The van der Waals surface area contributed by atoms with Crippen LogP contribution < -0.4 is 4.90 Å². The van der Waals surface area contributed by atoms with Crippen LogP contribution >= 0.6 is 11.3 Å². The minimum Gasteiger partial charge on any atom is -0.368 e. The van der Waals surface area contributed by atoms with E-state index < -0.39 is 10.0 Å². The molecule has 130 valence electrons. The van der Waals surface area contributed by atoms with Gasteiger partial charge in [-0.05, 0) is 35.4 Å². The van der Waals surface area contributed by atoms with Gasteiger partial charge in [0.05, 0.1) is 0 Å². The van der Waals surface area contributed by atoms with Gasteiger partial charge >= 0.3 is 0 Å². The number of nitrogens with zero attached hydrogens (tertiary/aromatic N) is 2. The molecule has 2 aromatic rings. The van der Waals surface area contributed by atoms with Gasteiger partial charge < -0.3 is 4.90 Å². The molecule has 0 bridgehead atoms. The molecule has 0 atom stereocenters. The van der Waals surface area contributed by atoms with Crippen molar-refractivity contribution in [3.05, 3.63) is 46.8 Å². The summed E-state index contributed by atoms with van der Waals surface area (Å²) in [5.74, 6) is 0.452. The third kappa shape index (κ3) is 3.23. The molecular formula is C18H24N2O2S2. The lowest BCUT2D eigenvalue weighted by atomic mass is 9.97. The Morgan fingerprint density at radius 3 is 2.33 bits per heavy atom. The van der Waals surface area contributed by atoms with E-state index in [1.165, 1.54) is 28.2 Å². The molecule has 1 saturated heterocycles. The number of piperazine rings is 1. The molecule has 0 spiro atoms. The van der Waals surface area contributed by atoms with E-state index in [1.54, 1.807) is 16.4 Å². The second kappa shape index (κ2) is 6.86. The van der Waals surface area contributed by atoms with E-state index in [2.05, 4.69) is 43.9 Å². The predicted molar refractivity (Wildman–Crippen MR) is 101 cm³/mol. The van der Waals surface area contributed by atoms with Gasteiger partial charge in [-0.3, -0.25) is 0 Å². The average Bonchev–Trinajstić information content (AvgIpc) is 3.10. The number of anilines is 1. The monoisotopic (exact) mass is 364 g/mol. The van der Waals surface area contributed by atoms with Crippen molar-refractivity contribution in [1.29, 1.82) is 0 Å². The van der Waals surface area contributed by atoms with Gasteiger partial charge in [0.1, 0.15) is 4.21 Å². The zero-order chi connectivity index (χ0) is 17.3. The van der Waals surface area contributed by atoms with Gasteiger partial charge in [0.25, 0.3) is 10.0 Å². The van der Waals surface area contributed by atoms with E-state index in [0.717, 1.165) is 13.1 Å². The van der Waals surface area contributed by atoms with Crippen molar-refractivity contribution in [2.24, 2.45) is 0 Å². The van der Waals surface area contributed by atoms with Crippen LogP contribution in [0.4, 0.5) is 5.69 Å². The number of para-hydroxylation sites is 1. The van der Waals surface area contributed by atoms with Gasteiger partial charge in [0.15, 0.2) is 0 Å². The van der Waals surface area contributed by atoms with Gasteiger partial charge in [-0.15, -0.1) is 11.3 Å². The molecule has 0 radical (unpaired) electrons. The van der Waals surface area contributed by atoms with E-state index in [-0.39, 0.29) is 0 Å². The molecule has 3 rings (SSSR count).